The molecule has 1 unspecified atom stereocenters. The summed E-state index contributed by atoms with van der Waals surface area (Å²) in [7, 11) is -1.39. The predicted octanol–water partition coefficient (Wildman–Crippen LogP) is 3.44. The lowest BCUT2D eigenvalue weighted by Crippen LogP contribution is -2.27. The number of thiophene rings is 1. The van der Waals surface area contributed by atoms with Gasteiger partial charge in [0.15, 0.2) is 0 Å². The third-order valence-corrected chi connectivity index (χ3v) is 5.91. The first-order valence-corrected chi connectivity index (χ1v) is 9.68. The lowest BCUT2D eigenvalue weighted by atomic mass is 10.2. The number of hydrogen-bond acceptors (Lipinski definition) is 3. The Morgan fingerprint density at radius 3 is 2.87 bits per heavy atom. The molecule has 0 spiro atoms. The maximum Gasteiger partial charge on any atom is 0.319 e. The minimum atomic E-state index is -1.39. The van der Waals surface area contributed by atoms with Crippen LogP contribution in [0.1, 0.15) is 21.7 Å². The number of amides is 2. The molecule has 0 saturated heterocycles. The average Bonchev–Trinajstić information content (AvgIpc) is 3.05. The van der Waals surface area contributed by atoms with Crippen molar-refractivity contribution < 1.29 is 13.4 Å². The topological polar surface area (TPSA) is 58.2 Å². The molecule has 0 radical (unpaired) electrons. The van der Waals surface area contributed by atoms with E-state index in [9.17, 15) is 13.4 Å². The molecule has 23 heavy (non-hydrogen) atoms. The molecule has 1 aromatic heterocycles. The van der Waals surface area contributed by atoms with E-state index >= 15 is 0 Å². The maximum absolute atomic E-state index is 13.7. The third-order valence-electron chi connectivity index (χ3n) is 3.72. The molecule has 1 aliphatic rings. The minimum absolute atomic E-state index is 0.129. The van der Waals surface area contributed by atoms with Crippen molar-refractivity contribution in [2.45, 2.75) is 30.7 Å². The number of carbonyl (C=O) groups is 1. The van der Waals surface area contributed by atoms with E-state index < -0.39 is 16.6 Å². The standard InChI is InChI=1S/C16H17FN2O2S2/c1-23(21)15-6-5-11(8-13(15)17)19-16(20)18-9-12-7-10-3-2-4-14(10)22-12/h5-8H,2-4,9H2,1H3,(H2,18,19,20). The molecular formula is C16H17FN2O2S2. The lowest BCUT2D eigenvalue weighted by molar-refractivity contribution is 0.252. The van der Waals surface area contributed by atoms with Crippen LogP contribution in [-0.2, 0) is 30.2 Å². The molecule has 0 saturated carbocycles. The zero-order chi connectivity index (χ0) is 16.4. The van der Waals surface area contributed by atoms with E-state index in [0.29, 0.717) is 12.2 Å². The van der Waals surface area contributed by atoms with Gasteiger partial charge in [-0.25, -0.2) is 9.18 Å². The number of urea groups is 1. The maximum atomic E-state index is 13.7. The molecule has 4 nitrogen and oxygen atoms in total. The molecule has 1 aliphatic carbocycles. The normalized spacial score (nSPS) is 14.3. The van der Waals surface area contributed by atoms with Crippen LogP contribution in [0, 0.1) is 5.82 Å². The van der Waals surface area contributed by atoms with Gasteiger partial charge in [0, 0.05) is 21.7 Å². The first kappa shape index (κ1) is 16.1. The van der Waals surface area contributed by atoms with Crippen LogP contribution in [0.25, 0.3) is 0 Å². The summed E-state index contributed by atoms with van der Waals surface area (Å²) in [6, 6.07) is 5.90. The van der Waals surface area contributed by atoms with Gasteiger partial charge in [0.2, 0.25) is 0 Å². The lowest BCUT2D eigenvalue weighted by Gasteiger charge is -2.08. The average molecular weight is 352 g/mol. The molecule has 0 aliphatic heterocycles. The number of anilines is 1. The van der Waals surface area contributed by atoms with Crippen molar-refractivity contribution in [2.75, 3.05) is 11.6 Å². The highest BCUT2D eigenvalue weighted by Crippen LogP contribution is 2.30. The molecule has 0 fully saturated rings. The number of hydrogen-bond donors (Lipinski definition) is 2. The Morgan fingerprint density at radius 1 is 1.35 bits per heavy atom. The summed E-state index contributed by atoms with van der Waals surface area (Å²) in [5.74, 6) is -0.585. The van der Waals surface area contributed by atoms with Gasteiger partial charge in [0.25, 0.3) is 0 Å². The number of aryl methyl sites for hydroxylation is 2. The summed E-state index contributed by atoms with van der Waals surface area (Å²) in [4.78, 5) is 14.6. The van der Waals surface area contributed by atoms with Crippen LogP contribution in [0.15, 0.2) is 29.2 Å². The van der Waals surface area contributed by atoms with Crippen molar-refractivity contribution in [3.8, 4) is 0 Å². The van der Waals surface area contributed by atoms with Crippen LogP contribution in [-0.4, -0.2) is 16.5 Å². The summed E-state index contributed by atoms with van der Waals surface area (Å²) < 4.78 is 25.0. The predicted molar refractivity (Wildman–Crippen MR) is 90.9 cm³/mol. The van der Waals surface area contributed by atoms with E-state index in [1.807, 2.05) is 0 Å². The van der Waals surface area contributed by atoms with Crippen molar-refractivity contribution >= 4 is 33.9 Å². The number of nitrogens with one attached hydrogen (secondary N) is 2. The Bertz CT molecular complexity index is 752. The van der Waals surface area contributed by atoms with Crippen LogP contribution < -0.4 is 10.6 Å². The van der Waals surface area contributed by atoms with Gasteiger partial charge in [-0.2, -0.15) is 0 Å². The number of benzene rings is 1. The number of fused-ring (bicyclic) bond motifs is 1. The third kappa shape index (κ3) is 3.79. The van der Waals surface area contributed by atoms with E-state index in [0.717, 1.165) is 17.7 Å². The van der Waals surface area contributed by atoms with Crippen molar-refractivity contribution in [1.29, 1.82) is 0 Å². The fourth-order valence-electron chi connectivity index (χ4n) is 2.63. The number of halogens is 1. The highest BCUT2D eigenvalue weighted by Gasteiger charge is 2.15. The van der Waals surface area contributed by atoms with Gasteiger partial charge in [0.05, 0.1) is 22.2 Å². The smallest absolute Gasteiger partial charge is 0.319 e. The van der Waals surface area contributed by atoms with E-state index in [-0.39, 0.29) is 10.9 Å². The van der Waals surface area contributed by atoms with Gasteiger partial charge < -0.3 is 10.6 Å². The fraction of sp³-hybridized carbons (Fsp3) is 0.312. The Labute approximate surface area is 140 Å². The fourth-order valence-corrected chi connectivity index (χ4v) is 4.43. The highest BCUT2D eigenvalue weighted by molar-refractivity contribution is 7.84. The summed E-state index contributed by atoms with van der Waals surface area (Å²) in [5, 5.41) is 5.36. The molecule has 122 valence electrons. The molecule has 2 aromatic rings. The summed E-state index contributed by atoms with van der Waals surface area (Å²) in [5.41, 5.74) is 1.74. The monoisotopic (exact) mass is 352 g/mol. The van der Waals surface area contributed by atoms with Gasteiger partial charge in [-0.05, 0) is 49.1 Å². The zero-order valence-corrected chi connectivity index (χ0v) is 14.3. The number of rotatable bonds is 4. The van der Waals surface area contributed by atoms with Crippen LogP contribution in [0.3, 0.4) is 0 Å². The quantitative estimate of drug-likeness (QED) is 0.886. The molecule has 2 amide bonds. The SMILES string of the molecule is CS(=O)c1ccc(NC(=O)NCc2cc3c(s2)CCC3)cc1F. The Hall–Kier alpha value is -1.73. The van der Waals surface area contributed by atoms with Crippen LogP contribution in [0.4, 0.5) is 14.9 Å². The first-order chi connectivity index (χ1) is 11.0. The number of carbonyl (C=O) groups excluding carboxylic acids is 1. The summed E-state index contributed by atoms with van der Waals surface area (Å²) >= 11 is 1.74. The van der Waals surface area contributed by atoms with Crippen molar-refractivity contribution in [3.63, 3.8) is 0 Å². The molecule has 1 aromatic carbocycles. The second-order valence-corrected chi connectivity index (χ2v) is 7.99. The summed E-state index contributed by atoms with van der Waals surface area (Å²) in [6.07, 6.45) is 4.90. The summed E-state index contributed by atoms with van der Waals surface area (Å²) in [6.45, 7) is 0.461. The highest BCUT2D eigenvalue weighted by atomic mass is 32.2. The molecule has 1 atom stereocenters. The van der Waals surface area contributed by atoms with Gasteiger partial charge >= 0.3 is 6.03 Å². The van der Waals surface area contributed by atoms with Crippen LogP contribution in [0.5, 0.6) is 0 Å². The molecular weight excluding hydrogens is 335 g/mol. The molecule has 0 bridgehead atoms. The Balaban J connectivity index is 1.56. The van der Waals surface area contributed by atoms with Gasteiger partial charge in [-0.15, -0.1) is 11.3 Å². The van der Waals surface area contributed by atoms with Crippen molar-refractivity contribution in [3.05, 3.63) is 45.4 Å². The van der Waals surface area contributed by atoms with Gasteiger partial charge in [-0.3, -0.25) is 4.21 Å². The molecule has 3 rings (SSSR count). The molecule has 1 heterocycles. The van der Waals surface area contributed by atoms with Crippen LogP contribution >= 0.6 is 11.3 Å². The van der Waals surface area contributed by atoms with E-state index in [1.54, 1.807) is 17.4 Å². The van der Waals surface area contributed by atoms with Gasteiger partial charge in [-0.1, -0.05) is 0 Å². The van der Waals surface area contributed by atoms with Crippen molar-refractivity contribution in [2.24, 2.45) is 0 Å². The van der Waals surface area contributed by atoms with E-state index in [2.05, 4.69) is 16.7 Å². The minimum Gasteiger partial charge on any atom is -0.333 e. The molecule has 2 N–H and O–H groups in total. The Kier molecular flexibility index (Phi) is 4.77. The second-order valence-electron chi connectivity index (χ2n) is 5.42. The van der Waals surface area contributed by atoms with E-state index in [4.69, 9.17) is 0 Å². The van der Waals surface area contributed by atoms with Crippen LogP contribution in [0.2, 0.25) is 0 Å². The first-order valence-electron chi connectivity index (χ1n) is 7.31. The second kappa shape index (κ2) is 6.80. The van der Waals surface area contributed by atoms with Crippen molar-refractivity contribution in [1.82, 2.24) is 5.32 Å². The largest absolute Gasteiger partial charge is 0.333 e. The zero-order valence-electron chi connectivity index (χ0n) is 12.6. The Morgan fingerprint density at radius 2 is 2.17 bits per heavy atom. The molecule has 7 heteroatoms. The van der Waals surface area contributed by atoms with E-state index in [1.165, 1.54) is 35.2 Å². The van der Waals surface area contributed by atoms with Gasteiger partial charge in [0.1, 0.15) is 5.82 Å².